The molecule has 2 radical (unpaired) electrons. The van der Waals surface area contributed by atoms with Crippen LogP contribution in [0.15, 0.2) is 0 Å². The van der Waals surface area contributed by atoms with E-state index in [-0.39, 0.29) is 0 Å². The van der Waals surface area contributed by atoms with Gasteiger partial charge in [0.1, 0.15) is 7.85 Å². The van der Waals surface area contributed by atoms with Crippen LogP contribution in [-0.4, -0.2) is 40.0 Å². The van der Waals surface area contributed by atoms with Crippen LogP contribution in [0.4, 0.5) is 13.2 Å². The Labute approximate surface area is 99.0 Å². The third-order valence-electron chi connectivity index (χ3n) is 2.68. The number of rotatable bonds is 3. The van der Waals surface area contributed by atoms with Crippen LogP contribution in [0.5, 0.6) is 0 Å². The Bertz CT molecular complexity index is 369. The third kappa shape index (κ3) is 2.94. The van der Waals surface area contributed by atoms with Crippen molar-refractivity contribution < 1.29 is 30.5 Å². The van der Waals surface area contributed by atoms with Crippen LogP contribution in [0, 0.1) is 5.92 Å². The summed E-state index contributed by atoms with van der Waals surface area (Å²) in [6, 6.07) is -1.17. The number of hydrogen-bond donors (Lipinski definition) is 0. The summed E-state index contributed by atoms with van der Waals surface area (Å²) in [6.45, 7) is 3.30. The Morgan fingerprint density at radius 3 is 2.29 bits per heavy atom. The molecular weight excluding hydrogens is 260 g/mol. The second-order valence-corrected chi connectivity index (χ2v) is 5.43. The molecule has 0 aromatic heterocycles. The van der Waals surface area contributed by atoms with E-state index in [9.17, 15) is 21.6 Å². The molecule has 0 N–H and O–H groups in total. The summed E-state index contributed by atoms with van der Waals surface area (Å²) < 4.78 is 67.3. The van der Waals surface area contributed by atoms with E-state index in [1.165, 1.54) is 6.92 Å². The molecule has 0 aliphatic carbocycles. The first-order valence-electron chi connectivity index (χ1n) is 5.00. The fourth-order valence-corrected chi connectivity index (χ4v) is 2.41. The predicted molar refractivity (Wildman–Crippen MR) is 53.7 cm³/mol. The molecule has 9 heteroatoms. The zero-order chi connectivity index (χ0) is 13.4. The van der Waals surface area contributed by atoms with Crippen molar-refractivity contribution in [2.75, 3.05) is 0 Å². The Hall–Kier alpha value is -0.275. The van der Waals surface area contributed by atoms with Gasteiger partial charge in [-0.15, -0.1) is 0 Å². The second-order valence-electron chi connectivity index (χ2n) is 3.87. The van der Waals surface area contributed by atoms with Gasteiger partial charge in [0, 0.05) is 11.9 Å². The van der Waals surface area contributed by atoms with Crippen molar-refractivity contribution in [3.05, 3.63) is 0 Å². The summed E-state index contributed by atoms with van der Waals surface area (Å²) in [7, 11) is -0.232. The Kier molecular flexibility index (Phi) is 4.15. The molecule has 1 saturated heterocycles. The molecule has 4 unspecified atom stereocenters. The van der Waals surface area contributed by atoms with Gasteiger partial charge in [-0.25, -0.2) is 0 Å². The molecule has 0 amide bonds. The molecule has 4 nitrogen and oxygen atoms in total. The predicted octanol–water partition coefficient (Wildman–Crippen LogP) is 1.16. The van der Waals surface area contributed by atoms with Crippen molar-refractivity contribution in [1.29, 1.82) is 0 Å². The van der Waals surface area contributed by atoms with Crippen molar-refractivity contribution in [3.8, 4) is 0 Å². The summed E-state index contributed by atoms with van der Waals surface area (Å²) in [4.78, 5) is 0. The smallest absolute Gasteiger partial charge is 0.382 e. The molecule has 1 rings (SSSR count). The summed E-state index contributed by atoms with van der Waals surface area (Å²) in [5, 5.41) is 0. The minimum Gasteiger partial charge on any atom is -0.382 e. The Morgan fingerprint density at radius 1 is 1.41 bits per heavy atom. The first kappa shape index (κ1) is 14.8. The fourth-order valence-electron chi connectivity index (χ4n) is 1.73. The average Bonchev–Trinajstić information content (AvgIpc) is 2.43. The van der Waals surface area contributed by atoms with E-state index in [2.05, 4.69) is 4.18 Å². The summed E-state index contributed by atoms with van der Waals surface area (Å²) in [6.07, 6.45) is -1.20. The lowest BCUT2D eigenvalue weighted by Gasteiger charge is -2.20. The SMILES string of the molecule is [B]C1OC(CC)C(C)C1OS(=O)(=O)C(F)(F)F. The van der Waals surface area contributed by atoms with E-state index >= 15 is 0 Å². The van der Waals surface area contributed by atoms with Gasteiger partial charge in [-0.1, -0.05) is 13.8 Å². The lowest BCUT2D eigenvalue weighted by Crippen LogP contribution is -2.37. The molecule has 98 valence electrons. The van der Waals surface area contributed by atoms with Crippen LogP contribution in [-0.2, 0) is 19.0 Å². The molecule has 0 spiro atoms. The van der Waals surface area contributed by atoms with Crippen molar-refractivity contribution in [2.24, 2.45) is 5.92 Å². The van der Waals surface area contributed by atoms with E-state index in [1.54, 1.807) is 6.92 Å². The van der Waals surface area contributed by atoms with Crippen molar-refractivity contribution >= 4 is 18.0 Å². The van der Waals surface area contributed by atoms with E-state index in [0.29, 0.717) is 6.42 Å². The van der Waals surface area contributed by atoms with E-state index in [0.717, 1.165) is 0 Å². The third-order valence-corrected chi connectivity index (χ3v) is 3.73. The zero-order valence-electron chi connectivity index (χ0n) is 9.27. The number of halogens is 3. The number of hydrogen-bond acceptors (Lipinski definition) is 4. The number of alkyl halides is 3. The molecule has 0 aromatic rings. The average molecular weight is 272 g/mol. The van der Waals surface area contributed by atoms with E-state index < -0.39 is 39.8 Å². The maximum Gasteiger partial charge on any atom is 0.523 e. The van der Waals surface area contributed by atoms with Crippen LogP contribution in [0.25, 0.3) is 0 Å². The topological polar surface area (TPSA) is 52.6 Å². The van der Waals surface area contributed by atoms with Crippen LogP contribution in [0.2, 0.25) is 0 Å². The lowest BCUT2D eigenvalue weighted by atomic mass is 9.88. The van der Waals surface area contributed by atoms with Crippen molar-refractivity contribution in [2.45, 2.75) is 44.0 Å². The molecule has 1 heterocycles. The van der Waals surface area contributed by atoms with Gasteiger partial charge in [-0.2, -0.15) is 21.6 Å². The van der Waals surface area contributed by atoms with Gasteiger partial charge in [0.2, 0.25) is 0 Å². The molecule has 0 saturated carbocycles. The van der Waals surface area contributed by atoms with Gasteiger partial charge >= 0.3 is 15.6 Å². The maximum absolute atomic E-state index is 12.1. The van der Waals surface area contributed by atoms with Crippen LogP contribution in [0.3, 0.4) is 0 Å². The van der Waals surface area contributed by atoms with Gasteiger partial charge in [0.15, 0.2) is 0 Å². The molecule has 4 atom stereocenters. The standard InChI is InChI=1S/C8H12BF3O4S/c1-3-5-4(2)6(7(9)15-5)16-17(13,14)8(10,11)12/h4-7H,3H2,1-2H3. The molecular formula is C8H12BF3O4S. The van der Waals surface area contributed by atoms with Gasteiger partial charge in [-0.05, 0) is 6.42 Å². The quantitative estimate of drug-likeness (QED) is 0.439. The minimum absolute atomic E-state index is 0.404. The lowest BCUT2D eigenvalue weighted by molar-refractivity contribution is -0.0591. The highest BCUT2D eigenvalue weighted by molar-refractivity contribution is 7.87. The first-order chi connectivity index (χ1) is 7.60. The summed E-state index contributed by atoms with van der Waals surface area (Å²) in [5.74, 6) is -0.521. The largest absolute Gasteiger partial charge is 0.523 e. The maximum atomic E-state index is 12.1. The Balaban J connectivity index is 2.83. The molecule has 0 aromatic carbocycles. The van der Waals surface area contributed by atoms with Gasteiger partial charge in [0.05, 0.1) is 12.2 Å². The van der Waals surface area contributed by atoms with Gasteiger partial charge < -0.3 is 4.74 Å². The van der Waals surface area contributed by atoms with Gasteiger partial charge in [-0.3, -0.25) is 4.18 Å². The molecule has 0 bridgehead atoms. The normalized spacial score (nSPS) is 35.1. The van der Waals surface area contributed by atoms with E-state index in [1.807, 2.05) is 0 Å². The summed E-state index contributed by atoms with van der Waals surface area (Å²) in [5.41, 5.74) is -5.45. The van der Waals surface area contributed by atoms with Crippen LogP contribution >= 0.6 is 0 Å². The molecule has 1 fully saturated rings. The molecule has 1 aliphatic rings. The Morgan fingerprint density at radius 2 is 1.94 bits per heavy atom. The minimum atomic E-state index is -5.64. The highest BCUT2D eigenvalue weighted by Crippen LogP contribution is 2.34. The van der Waals surface area contributed by atoms with Crippen LogP contribution < -0.4 is 0 Å². The molecule has 1 aliphatic heterocycles. The summed E-state index contributed by atoms with van der Waals surface area (Å²) >= 11 is 0. The van der Waals surface area contributed by atoms with Crippen LogP contribution in [0.1, 0.15) is 20.3 Å². The monoisotopic (exact) mass is 272 g/mol. The van der Waals surface area contributed by atoms with Gasteiger partial charge in [0.25, 0.3) is 0 Å². The van der Waals surface area contributed by atoms with E-state index in [4.69, 9.17) is 12.6 Å². The number of ether oxygens (including phenoxy) is 1. The first-order valence-corrected chi connectivity index (χ1v) is 6.41. The second kappa shape index (κ2) is 4.77. The highest BCUT2D eigenvalue weighted by atomic mass is 32.2. The van der Waals surface area contributed by atoms with Crippen molar-refractivity contribution in [1.82, 2.24) is 0 Å². The fraction of sp³-hybridized carbons (Fsp3) is 1.00. The zero-order valence-corrected chi connectivity index (χ0v) is 10.1. The van der Waals surface area contributed by atoms with Crippen molar-refractivity contribution in [3.63, 3.8) is 0 Å². The molecule has 17 heavy (non-hydrogen) atoms. The highest BCUT2D eigenvalue weighted by Gasteiger charge is 2.51.